The number of ether oxygens (including phenoxy) is 2. The zero-order chi connectivity index (χ0) is 18.0. The third-order valence-corrected chi connectivity index (χ3v) is 4.07. The van der Waals surface area contributed by atoms with Crippen LogP contribution in [-0.4, -0.2) is 54.0 Å². The third kappa shape index (κ3) is 3.26. The van der Waals surface area contributed by atoms with Gasteiger partial charge in [0, 0.05) is 19.7 Å². The Bertz CT molecular complexity index is 701. The van der Waals surface area contributed by atoms with E-state index in [0.29, 0.717) is 17.1 Å². The van der Waals surface area contributed by atoms with Gasteiger partial charge in [0.15, 0.2) is 16.6 Å². The van der Waals surface area contributed by atoms with E-state index >= 15 is 0 Å². The van der Waals surface area contributed by atoms with Crippen LogP contribution in [0.25, 0.3) is 6.08 Å². The number of thiocarbonyl (C=S) groups is 1. The maximum atomic E-state index is 12.4. The van der Waals surface area contributed by atoms with Crippen LogP contribution in [0.4, 0.5) is 0 Å². The number of hydrogen-bond donors (Lipinski definition) is 0. The number of carbonyl (C=O) groups is 2. The Balaban J connectivity index is 2.56. The van der Waals surface area contributed by atoms with Crippen molar-refractivity contribution in [2.75, 3.05) is 21.2 Å². The number of nitrogens with zero attached hydrogens (tertiary/aromatic N) is 2. The van der Waals surface area contributed by atoms with Crippen molar-refractivity contribution in [1.82, 2.24) is 9.80 Å². The highest BCUT2D eigenvalue weighted by Crippen LogP contribution is 2.34. The lowest BCUT2D eigenvalue weighted by atomic mass is 10.1. The molecule has 128 valence electrons. The molecule has 24 heavy (non-hydrogen) atoms. The van der Waals surface area contributed by atoms with Crippen LogP contribution in [0.1, 0.15) is 19.4 Å². The van der Waals surface area contributed by atoms with Crippen LogP contribution in [0.2, 0.25) is 0 Å². The normalized spacial score (nSPS) is 15.2. The minimum atomic E-state index is -0.443. The average Bonchev–Trinajstić information content (AvgIpc) is 2.55. The van der Waals surface area contributed by atoms with Crippen molar-refractivity contribution in [3.63, 3.8) is 0 Å². The summed E-state index contributed by atoms with van der Waals surface area (Å²) >= 11 is 5.08. The van der Waals surface area contributed by atoms with Crippen LogP contribution in [-0.2, 0) is 9.59 Å². The predicted octanol–water partition coefficient (Wildman–Crippen LogP) is 2.08. The Hall–Kier alpha value is -2.41. The average molecular weight is 348 g/mol. The van der Waals surface area contributed by atoms with Gasteiger partial charge in [0.25, 0.3) is 11.8 Å². The second-order valence-electron chi connectivity index (χ2n) is 5.61. The lowest BCUT2D eigenvalue weighted by molar-refractivity contribution is -0.132. The Morgan fingerprint density at radius 2 is 1.71 bits per heavy atom. The molecule has 0 atom stereocenters. The zero-order valence-corrected chi connectivity index (χ0v) is 15.1. The first-order chi connectivity index (χ1) is 11.3. The fourth-order valence-electron chi connectivity index (χ4n) is 2.30. The molecule has 0 unspecified atom stereocenters. The molecular weight excluding hydrogens is 328 g/mol. The van der Waals surface area contributed by atoms with E-state index in [4.69, 9.17) is 21.7 Å². The van der Waals surface area contributed by atoms with Crippen molar-refractivity contribution >= 4 is 35.2 Å². The van der Waals surface area contributed by atoms with Crippen molar-refractivity contribution in [1.29, 1.82) is 0 Å². The lowest BCUT2D eigenvalue weighted by Crippen LogP contribution is -2.52. The molecule has 1 heterocycles. The monoisotopic (exact) mass is 348 g/mol. The van der Waals surface area contributed by atoms with Crippen molar-refractivity contribution in [2.45, 2.75) is 20.0 Å². The Morgan fingerprint density at radius 3 is 2.21 bits per heavy atom. The highest BCUT2D eigenvalue weighted by molar-refractivity contribution is 7.80. The van der Waals surface area contributed by atoms with Gasteiger partial charge in [-0.3, -0.25) is 19.4 Å². The van der Waals surface area contributed by atoms with Crippen LogP contribution in [0.15, 0.2) is 23.8 Å². The van der Waals surface area contributed by atoms with Gasteiger partial charge in [-0.05, 0) is 38.2 Å². The fourth-order valence-corrected chi connectivity index (χ4v) is 2.47. The second kappa shape index (κ2) is 7.00. The number of hydrogen-bond acceptors (Lipinski definition) is 5. The van der Waals surface area contributed by atoms with E-state index in [1.807, 2.05) is 13.8 Å². The predicted molar refractivity (Wildman–Crippen MR) is 94.9 cm³/mol. The summed E-state index contributed by atoms with van der Waals surface area (Å²) in [5, 5.41) is 0.173. The molecule has 0 radical (unpaired) electrons. The number of benzene rings is 1. The van der Waals surface area contributed by atoms with Gasteiger partial charge in [0.05, 0.1) is 13.2 Å². The molecule has 1 saturated heterocycles. The second-order valence-corrected chi connectivity index (χ2v) is 5.98. The van der Waals surface area contributed by atoms with Crippen molar-refractivity contribution in [2.24, 2.45) is 0 Å². The molecule has 1 aromatic carbocycles. The number of para-hydroxylation sites is 1. The smallest absolute Gasteiger partial charge is 0.265 e. The molecule has 1 aliphatic heterocycles. The van der Waals surface area contributed by atoms with Gasteiger partial charge in [-0.15, -0.1) is 0 Å². The van der Waals surface area contributed by atoms with Gasteiger partial charge in [-0.2, -0.15) is 0 Å². The van der Waals surface area contributed by atoms with Crippen molar-refractivity contribution < 1.29 is 19.1 Å². The molecule has 6 nitrogen and oxygen atoms in total. The van der Waals surface area contributed by atoms with E-state index in [9.17, 15) is 9.59 Å². The van der Waals surface area contributed by atoms with E-state index in [1.54, 1.807) is 32.3 Å². The Labute approximate surface area is 146 Å². The summed E-state index contributed by atoms with van der Waals surface area (Å²) in [5.74, 6) is 0.135. The van der Waals surface area contributed by atoms with Crippen LogP contribution in [0, 0.1) is 0 Å². The molecule has 2 rings (SSSR count). The number of carbonyl (C=O) groups excluding carboxylic acids is 2. The molecule has 0 saturated carbocycles. The topological polar surface area (TPSA) is 59.1 Å². The molecule has 1 fully saturated rings. The molecule has 0 bridgehead atoms. The molecule has 0 aliphatic carbocycles. The van der Waals surface area contributed by atoms with Gasteiger partial charge in [-0.1, -0.05) is 12.1 Å². The molecule has 0 spiro atoms. The van der Waals surface area contributed by atoms with E-state index in [0.717, 1.165) is 0 Å². The fraction of sp³-hybridized carbons (Fsp3) is 0.353. The van der Waals surface area contributed by atoms with Crippen molar-refractivity contribution in [3.05, 3.63) is 29.3 Å². The number of amides is 2. The summed E-state index contributed by atoms with van der Waals surface area (Å²) in [6.45, 7) is 3.78. The van der Waals surface area contributed by atoms with Crippen LogP contribution >= 0.6 is 12.2 Å². The van der Waals surface area contributed by atoms with Gasteiger partial charge in [-0.25, -0.2) is 0 Å². The van der Waals surface area contributed by atoms with Crippen LogP contribution in [0.5, 0.6) is 11.5 Å². The first-order valence-corrected chi connectivity index (χ1v) is 7.84. The first kappa shape index (κ1) is 17.9. The first-order valence-electron chi connectivity index (χ1n) is 7.43. The maximum Gasteiger partial charge on any atom is 0.265 e. The minimum absolute atomic E-state index is 0.0236. The maximum absolute atomic E-state index is 12.4. The molecular formula is C17H20N2O4S. The molecule has 0 N–H and O–H groups in total. The largest absolute Gasteiger partial charge is 0.493 e. The van der Waals surface area contributed by atoms with E-state index in [1.165, 1.54) is 23.0 Å². The van der Waals surface area contributed by atoms with Crippen LogP contribution in [0.3, 0.4) is 0 Å². The van der Waals surface area contributed by atoms with Crippen LogP contribution < -0.4 is 9.47 Å². The van der Waals surface area contributed by atoms with Gasteiger partial charge >= 0.3 is 0 Å². The SMILES string of the molecule is COc1cccc(C=C2C(=O)N(C)C(=S)N(C)C2=O)c1OC(C)C. The summed E-state index contributed by atoms with van der Waals surface area (Å²) in [6, 6.07) is 5.30. The lowest BCUT2D eigenvalue weighted by Gasteiger charge is -2.31. The van der Waals surface area contributed by atoms with Crippen molar-refractivity contribution in [3.8, 4) is 11.5 Å². The van der Waals surface area contributed by atoms with E-state index in [-0.39, 0.29) is 16.8 Å². The van der Waals surface area contributed by atoms with Gasteiger partial charge in [0.1, 0.15) is 5.57 Å². The molecule has 1 aliphatic rings. The molecule has 7 heteroatoms. The Kier molecular flexibility index (Phi) is 5.23. The van der Waals surface area contributed by atoms with E-state index in [2.05, 4.69) is 0 Å². The quantitative estimate of drug-likeness (QED) is 0.474. The zero-order valence-electron chi connectivity index (χ0n) is 14.3. The third-order valence-electron chi connectivity index (χ3n) is 3.53. The molecule has 0 aromatic heterocycles. The van der Waals surface area contributed by atoms with Gasteiger partial charge < -0.3 is 9.47 Å². The standard InChI is InChI=1S/C17H20N2O4S/c1-10(2)23-14-11(7-6-8-13(14)22-5)9-12-15(20)18(3)17(24)19(4)16(12)21/h6-10H,1-5H3. The number of rotatable bonds is 4. The summed E-state index contributed by atoms with van der Waals surface area (Å²) in [5.41, 5.74) is 0.616. The summed E-state index contributed by atoms with van der Waals surface area (Å²) < 4.78 is 11.1. The highest BCUT2D eigenvalue weighted by Gasteiger charge is 2.35. The van der Waals surface area contributed by atoms with Gasteiger partial charge in [0.2, 0.25) is 0 Å². The number of methoxy groups -OCH3 is 1. The number of likely N-dealkylation sites (N-methyl/N-ethyl adjacent to an activating group) is 2. The highest BCUT2D eigenvalue weighted by atomic mass is 32.1. The molecule has 2 amide bonds. The summed E-state index contributed by atoms with van der Waals surface area (Å²) in [4.78, 5) is 27.4. The summed E-state index contributed by atoms with van der Waals surface area (Å²) in [7, 11) is 4.62. The minimum Gasteiger partial charge on any atom is -0.493 e. The summed E-state index contributed by atoms with van der Waals surface area (Å²) in [6.07, 6.45) is 1.42. The molecule has 1 aromatic rings. The van der Waals surface area contributed by atoms with E-state index < -0.39 is 11.8 Å². The Morgan fingerprint density at radius 1 is 1.12 bits per heavy atom.